The lowest BCUT2D eigenvalue weighted by Crippen LogP contribution is -2.48. The van der Waals surface area contributed by atoms with Gasteiger partial charge >= 0.3 is 0 Å². The minimum Gasteiger partial charge on any atom is -0.390 e. The molecule has 9 heteroatoms. The molecule has 0 aromatic heterocycles. The summed E-state index contributed by atoms with van der Waals surface area (Å²) in [5.74, 6) is -0.231. The van der Waals surface area contributed by atoms with Crippen molar-refractivity contribution < 1.29 is 19.5 Å². The van der Waals surface area contributed by atoms with Crippen LogP contribution in [-0.2, 0) is 4.79 Å². The molecular weight excluding hydrogens is 468 g/mol. The number of anilines is 2. The lowest BCUT2D eigenvalue weighted by molar-refractivity contribution is -0.130. The van der Waals surface area contributed by atoms with Gasteiger partial charge < -0.3 is 20.6 Å². The van der Waals surface area contributed by atoms with Crippen LogP contribution in [0, 0.1) is 0 Å². The molecule has 0 radical (unpaired) electrons. The maximum absolute atomic E-state index is 13.5. The van der Waals surface area contributed by atoms with Gasteiger partial charge in [-0.05, 0) is 25.1 Å². The number of halogens is 1. The Hall–Kier alpha value is -2.94. The number of hydrogen-bond donors (Lipinski definition) is 3. The fourth-order valence-electron chi connectivity index (χ4n) is 4.61. The second kappa shape index (κ2) is 11.2. The quantitative estimate of drug-likeness (QED) is 0.307. The fraction of sp³-hybridized carbons (Fsp3) is 0.423. The zero-order valence-electron chi connectivity index (χ0n) is 19.8. The second-order valence-corrected chi connectivity index (χ2v) is 9.24. The summed E-state index contributed by atoms with van der Waals surface area (Å²) in [5.41, 5.74) is 2.58. The molecule has 35 heavy (non-hydrogen) atoms. The number of amides is 1. The summed E-state index contributed by atoms with van der Waals surface area (Å²) in [6, 6.07) is 10.4. The third-order valence-corrected chi connectivity index (χ3v) is 6.92. The van der Waals surface area contributed by atoms with Gasteiger partial charge in [-0.1, -0.05) is 24.3 Å². The van der Waals surface area contributed by atoms with E-state index in [0.29, 0.717) is 40.2 Å². The van der Waals surface area contributed by atoms with E-state index >= 15 is 0 Å². The number of aliphatic hydroxyl groups excluding tert-OH is 1. The first-order chi connectivity index (χ1) is 16.9. The van der Waals surface area contributed by atoms with Crippen LogP contribution in [0.1, 0.15) is 45.2 Å². The van der Waals surface area contributed by atoms with Crippen LogP contribution in [0.15, 0.2) is 36.4 Å². The lowest BCUT2D eigenvalue weighted by Gasteiger charge is -2.34. The van der Waals surface area contributed by atoms with Crippen LogP contribution in [0.3, 0.4) is 0 Å². The van der Waals surface area contributed by atoms with Crippen LogP contribution in [0.2, 0.25) is 0 Å². The van der Waals surface area contributed by atoms with Gasteiger partial charge in [0, 0.05) is 68.7 Å². The van der Waals surface area contributed by atoms with E-state index in [1.54, 1.807) is 43.3 Å². The highest BCUT2D eigenvalue weighted by atomic mass is 35.5. The third kappa shape index (κ3) is 5.50. The normalized spacial score (nSPS) is 16.5. The van der Waals surface area contributed by atoms with Crippen molar-refractivity contribution in [2.24, 2.45) is 0 Å². The van der Waals surface area contributed by atoms with Gasteiger partial charge in [-0.2, -0.15) is 0 Å². The van der Waals surface area contributed by atoms with Crippen molar-refractivity contribution in [2.45, 2.75) is 19.4 Å². The van der Waals surface area contributed by atoms with Crippen LogP contribution >= 0.6 is 11.6 Å². The Morgan fingerprint density at radius 3 is 2.09 bits per heavy atom. The van der Waals surface area contributed by atoms with Crippen LogP contribution < -0.4 is 10.6 Å². The predicted octanol–water partition coefficient (Wildman–Crippen LogP) is 2.44. The van der Waals surface area contributed by atoms with Crippen molar-refractivity contribution >= 4 is 40.4 Å². The van der Waals surface area contributed by atoms with E-state index in [1.807, 2.05) is 4.90 Å². The molecule has 2 aromatic carbocycles. The monoisotopic (exact) mass is 498 g/mol. The Kier molecular flexibility index (Phi) is 8.05. The SMILES string of the molecule is CC(=O)N1CCN(CCCNc2ccc(NC[C@H](O)CCl)c3c2C(=O)c2ccccc2C3=O)CC1. The summed E-state index contributed by atoms with van der Waals surface area (Å²) >= 11 is 5.71. The minimum absolute atomic E-state index is 0.0638. The molecule has 2 aliphatic rings. The Labute approximate surface area is 210 Å². The number of benzene rings is 2. The van der Waals surface area contributed by atoms with E-state index in [9.17, 15) is 19.5 Å². The van der Waals surface area contributed by atoms with Gasteiger partial charge in [0.15, 0.2) is 11.6 Å². The number of carbonyl (C=O) groups excluding carboxylic acids is 3. The van der Waals surface area contributed by atoms with E-state index in [0.717, 1.165) is 39.1 Å². The molecular formula is C26H31ClN4O4. The van der Waals surface area contributed by atoms with Gasteiger partial charge in [0.05, 0.1) is 23.1 Å². The molecule has 8 nitrogen and oxygen atoms in total. The third-order valence-electron chi connectivity index (χ3n) is 6.57. The van der Waals surface area contributed by atoms with Crippen LogP contribution in [0.5, 0.6) is 0 Å². The summed E-state index contributed by atoms with van der Waals surface area (Å²) < 4.78 is 0. The molecule has 0 saturated carbocycles. The van der Waals surface area contributed by atoms with Gasteiger partial charge in [-0.3, -0.25) is 19.3 Å². The van der Waals surface area contributed by atoms with E-state index in [2.05, 4.69) is 15.5 Å². The van der Waals surface area contributed by atoms with Crippen molar-refractivity contribution in [3.05, 3.63) is 58.7 Å². The van der Waals surface area contributed by atoms with E-state index < -0.39 is 6.10 Å². The summed E-state index contributed by atoms with van der Waals surface area (Å²) in [6.07, 6.45) is 0.0827. The number of rotatable bonds is 9. The molecule has 1 amide bonds. The smallest absolute Gasteiger partial charge is 0.219 e. The number of piperazine rings is 1. The Morgan fingerprint density at radius 2 is 1.54 bits per heavy atom. The van der Waals surface area contributed by atoms with E-state index in [1.165, 1.54) is 0 Å². The van der Waals surface area contributed by atoms with Crippen molar-refractivity contribution in [3.8, 4) is 0 Å². The number of nitrogens with one attached hydrogen (secondary N) is 2. The first-order valence-corrected chi connectivity index (χ1v) is 12.5. The van der Waals surface area contributed by atoms with Crippen LogP contribution in [0.4, 0.5) is 11.4 Å². The Balaban J connectivity index is 1.49. The van der Waals surface area contributed by atoms with Crippen molar-refractivity contribution in [1.82, 2.24) is 9.80 Å². The van der Waals surface area contributed by atoms with Gasteiger partial charge in [0.1, 0.15) is 0 Å². The highest BCUT2D eigenvalue weighted by Crippen LogP contribution is 2.36. The van der Waals surface area contributed by atoms with Crippen LogP contribution in [0.25, 0.3) is 0 Å². The first kappa shape index (κ1) is 25.2. The number of hydrogen-bond acceptors (Lipinski definition) is 7. The maximum Gasteiger partial charge on any atom is 0.219 e. The summed E-state index contributed by atoms with van der Waals surface area (Å²) in [7, 11) is 0. The predicted molar refractivity (Wildman–Crippen MR) is 137 cm³/mol. The molecule has 1 atom stereocenters. The summed E-state index contributed by atoms with van der Waals surface area (Å²) in [6.45, 7) is 6.50. The molecule has 1 saturated heterocycles. The summed E-state index contributed by atoms with van der Waals surface area (Å²) in [4.78, 5) is 42.6. The lowest BCUT2D eigenvalue weighted by atomic mass is 9.82. The molecule has 186 valence electrons. The highest BCUT2D eigenvalue weighted by Gasteiger charge is 2.33. The Bertz CT molecular complexity index is 1110. The van der Waals surface area contributed by atoms with E-state index in [-0.39, 0.29) is 29.9 Å². The average molecular weight is 499 g/mol. The summed E-state index contributed by atoms with van der Waals surface area (Å²) in [5, 5.41) is 16.3. The number of aliphatic hydroxyl groups is 1. The zero-order chi connectivity index (χ0) is 24.9. The van der Waals surface area contributed by atoms with Gasteiger partial charge in [0.2, 0.25) is 5.91 Å². The highest BCUT2D eigenvalue weighted by molar-refractivity contribution is 6.31. The Morgan fingerprint density at radius 1 is 0.971 bits per heavy atom. The van der Waals surface area contributed by atoms with E-state index in [4.69, 9.17) is 11.6 Å². The number of fused-ring (bicyclic) bond motifs is 2. The maximum atomic E-state index is 13.5. The molecule has 4 rings (SSSR count). The number of carbonyl (C=O) groups is 3. The topological polar surface area (TPSA) is 102 Å². The number of nitrogens with zero attached hydrogens (tertiary/aromatic N) is 2. The molecule has 0 spiro atoms. The van der Waals surface area contributed by atoms with Gasteiger partial charge in [0.25, 0.3) is 0 Å². The molecule has 0 bridgehead atoms. The van der Waals surface area contributed by atoms with Crippen molar-refractivity contribution in [1.29, 1.82) is 0 Å². The number of alkyl halides is 1. The zero-order valence-corrected chi connectivity index (χ0v) is 20.6. The van der Waals surface area contributed by atoms with Crippen LogP contribution in [-0.4, -0.2) is 90.2 Å². The second-order valence-electron chi connectivity index (χ2n) is 8.93. The molecule has 3 N–H and O–H groups in total. The van der Waals surface area contributed by atoms with Gasteiger partial charge in [-0.25, -0.2) is 0 Å². The largest absolute Gasteiger partial charge is 0.390 e. The standard InChI is InChI=1S/C26H31ClN4O4/c1-17(32)31-13-11-30(12-14-31)10-4-9-28-21-7-8-22(29-16-18(33)15-27)24-23(21)25(34)19-5-2-3-6-20(19)26(24)35/h2-3,5-8,18,28-29,33H,4,9-16H2,1H3/t18-/m1/s1. The van der Waals surface area contributed by atoms with Crippen molar-refractivity contribution in [3.63, 3.8) is 0 Å². The van der Waals surface area contributed by atoms with Gasteiger partial charge in [-0.15, -0.1) is 11.6 Å². The molecule has 1 fully saturated rings. The fourth-order valence-corrected chi connectivity index (χ4v) is 4.72. The minimum atomic E-state index is -0.774. The molecule has 1 aliphatic carbocycles. The first-order valence-electron chi connectivity index (χ1n) is 12.0. The molecule has 2 aromatic rings. The molecule has 1 heterocycles. The molecule has 1 aliphatic heterocycles. The molecule has 0 unspecified atom stereocenters. The average Bonchev–Trinajstić information content (AvgIpc) is 2.88. The number of ketones is 2. The van der Waals surface area contributed by atoms with Crippen molar-refractivity contribution in [2.75, 3.05) is 62.3 Å².